The average molecular weight is 460 g/mol. The van der Waals surface area contributed by atoms with Crippen LogP contribution >= 0.6 is 15.9 Å². The van der Waals surface area contributed by atoms with Gasteiger partial charge in [0.1, 0.15) is 12.4 Å². The number of rotatable bonds is 8. The molecule has 3 aromatic rings. The molecule has 0 unspecified atom stereocenters. The summed E-state index contributed by atoms with van der Waals surface area (Å²) in [5.74, 6) is -0.233. The second-order valence-corrected chi connectivity index (χ2v) is 7.12. The number of ether oxygens (including phenoxy) is 2. The number of nitrogens with one attached hydrogen (secondary N) is 1. The van der Waals surface area contributed by atoms with Gasteiger partial charge in [-0.1, -0.05) is 18.2 Å². The molecule has 0 fully saturated rings. The van der Waals surface area contributed by atoms with E-state index in [2.05, 4.69) is 21.2 Å². The van der Waals surface area contributed by atoms with Gasteiger partial charge < -0.3 is 19.9 Å². The normalized spacial score (nSPS) is 10.4. The van der Waals surface area contributed by atoms with Crippen LogP contribution in [0.15, 0.2) is 65.1 Å². The van der Waals surface area contributed by atoms with Gasteiger partial charge in [-0.3, -0.25) is 0 Å². The van der Waals surface area contributed by atoms with Crippen LogP contribution in [0.4, 0.5) is 10.1 Å². The molecule has 0 heterocycles. The maximum atomic E-state index is 13.3. The summed E-state index contributed by atoms with van der Waals surface area (Å²) in [7, 11) is 1.55. The van der Waals surface area contributed by atoms with Gasteiger partial charge in [0.25, 0.3) is 0 Å². The van der Waals surface area contributed by atoms with E-state index >= 15 is 0 Å². The number of aromatic carboxylic acids is 1. The second-order valence-electron chi connectivity index (χ2n) is 6.27. The number of benzene rings is 3. The van der Waals surface area contributed by atoms with Crippen molar-refractivity contribution in [3.63, 3.8) is 0 Å². The van der Waals surface area contributed by atoms with Crippen molar-refractivity contribution < 1.29 is 23.8 Å². The third-order valence-electron chi connectivity index (χ3n) is 4.17. The van der Waals surface area contributed by atoms with E-state index in [0.717, 1.165) is 5.56 Å². The zero-order valence-corrected chi connectivity index (χ0v) is 17.2. The van der Waals surface area contributed by atoms with E-state index in [1.165, 1.54) is 18.2 Å². The first-order valence-corrected chi connectivity index (χ1v) is 9.56. The predicted molar refractivity (Wildman–Crippen MR) is 112 cm³/mol. The van der Waals surface area contributed by atoms with Crippen molar-refractivity contribution >= 4 is 27.6 Å². The molecule has 0 aliphatic rings. The minimum atomic E-state index is -0.974. The highest BCUT2D eigenvalue weighted by Crippen LogP contribution is 2.37. The molecule has 7 heteroatoms. The van der Waals surface area contributed by atoms with E-state index in [4.69, 9.17) is 14.6 Å². The molecule has 3 aromatic carbocycles. The Morgan fingerprint density at radius 2 is 1.90 bits per heavy atom. The summed E-state index contributed by atoms with van der Waals surface area (Å²) >= 11 is 3.50. The molecule has 0 spiro atoms. The molecule has 0 aliphatic carbocycles. The van der Waals surface area contributed by atoms with Gasteiger partial charge in [0, 0.05) is 12.2 Å². The maximum Gasteiger partial charge on any atom is 0.335 e. The predicted octanol–water partition coefficient (Wildman–Crippen LogP) is 5.49. The summed E-state index contributed by atoms with van der Waals surface area (Å²) in [6.07, 6.45) is 0. The zero-order chi connectivity index (χ0) is 20.8. The Morgan fingerprint density at radius 1 is 1.10 bits per heavy atom. The molecule has 0 aliphatic heterocycles. The summed E-state index contributed by atoms with van der Waals surface area (Å²) < 4.78 is 25.3. The highest BCUT2D eigenvalue weighted by molar-refractivity contribution is 9.10. The fourth-order valence-corrected chi connectivity index (χ4v) is 3.37. The Hall–Kier alpha value is -3.06. The molecule has 0 aromatic heterocycles. The zero-order valence-electron chi connectivity index (χ0n) is 15.6. The van der Waals surface area contributed by atoms with Crippen molar-refractivity contribution in [2.45, 2.75) is 13.2 Å². The van der Waals surface area contributed by atoms with Crippen LogP contribution in [0.25, 0.3) is 0 Å². The average Bonchev–Trinajstić information content (AvgIpc) is 2.71. The van der Waals surface area contributed by atoms with E-state index in [9.17, 15) is 9.18 Å². The largest absolute Gasteiger partial charge is 0.493 e. The van der Waals surface area contributed by atoms with Gasteiger partial charge in [-0.25, -0.2) is 9.18 Å². The van der Waals surface area contributed by atoms with Crippen LogP contribution in [0.3, 0.4) is 0 Å². The Morgan fingerprint density at radius 3 is 2.62 bits per heavy atom. The summed E-state index contributed by atoms with van der Waals surface area (Å²) in [4.78, 5) is 11.1. The lowest BCUT2D eigenvalue weighted by Crippen LogP contribution is -2.04. The highest BCUT2D eigenvalue weighted by Gasteiger charge is 2.13. The Balaban J connectivity index is 1.72. The number of carboxylic acids is 1. The van der Waals surface area contributed by atoms with Gasteiger partial charge in [-0.15, -0.1) is 0 Å². The van der Waals surface area contributed by atoms with E-state index in [1.54, 1.807) is 37.4 Å². The van der Waals surface area contributed by atoms with Gasteiger partial charge >= 0.3 is 5.97 Å². The number of carbonyl (C=O) groups is 1. The fourth-order valence-electron chi connectivity index (χ4n) is 2.76. The molecular formula is C22H19BrFNO4. The van der Waals surface area contributed by atoms with Crippen LogP contribution in [0, 0.1) is 5.82 Å². The van der Waals surface area contributed by atoms with Gasteiger partial charge in [-0.05, 0) is 69.5 Å². The lowest BCUT2D eigenvalue weighted by molar-refractivity contribution is 0.0697. The molecule has 29 heavy (non-hydrogen) atoms. The first-order chi connectivity index (χ1) is 14.0. The van der Waals surface area contributed by atoms with Crippen molar-refractivity contribution in [2.24, 2.45) is 0 Å². The van der Waals surface area contributed by atoms with Crippen molar-refractivity contribution in [1.29, 1.82) is 0 Å². The Bertz CT molecular complexity index is 1030. The third kappa shape index (κ3) is 5.48. The summed E-state index contributed by atoms with van der Waals surface area (Å²) in [6, 6.07) is 16.5. The molecule has 150 valence electrons. The van der Waals surface area contributed by atoms with Gasteiger partial charge in [-0.2, -0.15) is 0 Å². The number of anilines is 1. The van der Waals surface area contributed by atoms with Crippen molar-refractivity contribution in [3.05, 3.63) is 87.6 Å². The second kappa shape index (κ2) is 9.43. The van der Waals surface area contributed by atoms with Crippen molar-refractivity contribution in [2.75, 3.05) is 12.4 Å². The van der Waals surface area contributed by atoms with Crippen LogP contribution in [-0.4, -0.2) is 18.2 Å². The third-order valence-corrected chi connectivity index (χ3v) is 4.76. The lowest BCUT2D eigenvalue weighted by atomic mass is 10.1. The molecule has 0 saturated carbocycles. The van der Waals surface area contributed by atoms with Gasteiger partial charge in [0.2, 0.25) is 0 Å². The Kier molecular flexibility index (Phi) is 6.72. The molecular weight excluding hydrogens is 441 g/mol. The van der Waals surface area contributed by atoms with E-state index in [1.807, 2.05) is 12.1 Å². The number of methoxy groups -OCH3 is 1. The molecule has 5 nitrogen and oxygen atoms in total. The van der Waals surface area contributed by atoms with Crippen LogP contribution in [-0.2, 0) is 13.2 Å². The minimum absolute atomic E-state index is 0.201. The van der Waals surface area contributed by atoms with Crippen LogP contribution in [0.1, 0.15) is 21.5 Å². The van der Waals surface area contributed by atoms with Crippen LogP contribution in [0.2, 0.25) is 0 Å². The maximum absolute atomic E-state index is 13.3. The fraction of sp³-hybridized carbons (Fsp3) is 0.136. The van der Waals surface area contributed by atoms with Gasteiger partial charge in [0.05, 0.1) is 17.1 Å². The standard InChI is InChI=1S/C22H19BrFNO4/c1-28-20-10-15(12-25-18-7-3-5-16(11-18)22(26)27)9-19(23)21(20)29-13-14-4-2-6-17(24)8-14/h2-11,25H,12-13H2,1H3,(H,26,27). The topological polar surface area (TPSA) is 67.8 Å². The van der Waals surface area contributed by atoms with E-state index < -0.39 is 5.97 Å². The first-order valence-electron chi connectivity index (χ1n) is 8.77. The molecule has 0 saturated heterocycles. The van der Waals surface area contributed by atoms with Crippen molar-refractivity contribution in [3.8, 4) is 11.5 Å². The molecule has 3 rings (SSSR count). The molecule has 0 atom stereocenters. The van der Waals surface area contributed by atoms with Gasteiger partial charge in [0.15, 0.2) is 11.5 Å². The summed E-state index contributed by atoms with van der Waals surface area (Å²) in [5.41, 5.74) is 2.54. The lowest BCUT2D eigenvalue weighted by Gasteiger charge is -2.15. The molecule has 2 N–H and O–H groups in total. The van der Waals surface area contributed by atoms with Crippen molar-refractivity contribution in [1.82, 2.24) is 0 Å². The smallest absolute Gasteiger partial charge is 0.335 e. The van der Waals surface area contributed by atoms with E-state index in [0.29, 0.717) is 33.8 Å². The quantitative estimate of drug-likeness (QED) is 0.466. The van der Waals surface area contributed by atoms with Crippen LogP contribution in [0.5, 0.6) is 11.5 Å². The SMILES string of the molecule is COc1cc(CNc2cccc(C(=O)O)c2)cc(Br)c1OCc1cccc(F)c1. The van der Waals surface area contributed by atoms with E-state index in [-0.39, 0.29) is 18.0 Å². The number of hydrogen-bond acceptors (Lipinski definition) is 4. The monoisotopic (exact) mass is 459 g/mol. The number of carboxylic acid groups (broad SMARTS) is 1. The number of hydrogen-bond donors (Lipinski definition) is 2. The Labute approximate surface area is 176 Å². The highest BCUT2D eigenvalue weighted by atomic mass is 79.9. The summed E-state index contributed by atoms with van der Waals surface area (Å²) in [6.45, 7) is 0.661. The number of halogens is 2. The summed E-state index contributed by atoms with van der Waals surface area (Å²) in [5, 5.41) is 12.3. The minimum Gasteiger partial charge on any atom is -0.493 e. The molecule has 0 amide bonds. The first kappa shape index (κ1) is 20.7. The molecule has 0 radical (unpaired) electrons. The molecule has 0 bridgehead atoms. The van der Waals surface area contributed by atoms with Crippen LogP contribution < -0.4 is 14.8 Å².